The van der Waals surface area contributed by atoms with E-state index < -0.39 is 5.97 Å². The van der Waals surface area contributed by atoms with Crippen molar-refractivity contribution in [3.05, 3.63) is 53.6 Å². The summed E-state index contributed by atoms with van der Waals surface area (Å²) in [5, 5.41) is 9.94. The molecule has 2 aromatic rings. The van der Waals surface area contributed by atoms with E-state index in [9.17, 15) is 14.7 Å². The smallest absolute Gasteiger partial charge is 0.308 e. The first-order valence-corrected chi connectivity index (χ1v) is 7.40. The van der Waals surface area contributed by atoms with Gasteiger partial charge in [0.15, 0.2) is 17.3 Å². The fraction of sp³-hybridized carbons (Fsp3) is 0.158. The maximum atomic E-state index is 12.2. The Labute approximate surface area is 145 Å². The van der Waals surface area contributed by atoms with Crippen LogP contribution in [0.5, 0.6) is 23.0 Å². The van der Waals surface area contributed by atoms with Crippen molar-refractivity contribution in [2.45, 2.75) is 6.92 Å². The van der Waals surface area contributed by atoms with Gasteiger partial charge in [0.25, 0.3) is 0 Å². The minimum atomic E-state index is -0.508. The van der Waals surface area contributed by atoms with E-state index in [2.05, 4.69) is 0 Å². The van der Waals surface area contributed by atoms with Crippen molar-refractivity contribution < 1.29 is 28.9 Å². The Morgan fingerprint density at radius 1 is 1.00 bits per heavy atom. The third kappa shape index (κ3) is 4.60. The van der Waals surface area contributed by atoms with Crippen LogP contribution in [0.4, 0.5) is 0 Å². The summed E-state index contributed by atoms with van der Waals surface area (Å²) >= 11 is 0. The molecule has 0 unspecified atom stereocenters. The summed E-state index contributed by atoms with van der Waals surface area (Å²) in [4.78, 5) is 23.1. The van der Waals surface area contributed by atoms with Gasteiger partial charge in [0.1, 0.15) is 11.5 Å². The molecule has 2 rings (SSSR count). The molecule has 0 fully saturated rings. The number of ketones is 1. The van der Waals surface area contributed by atoms with Gasteiger partial charge >= 0.3 is 5.97 Å². The first kappa shape index (κ1) is 18.1. The maximum absolute atomic E-state index is 12.2. The van der Waals surface area contributed by atoms with Crippen molar-refractivity contribution in [1.29, 1.82) is 0 Å². The molecule has 0 aliphatic rings. The van der Waals surface area contributed by atoms with Crippen molar-refractivity contribution >= 4 is 17.8 Å². The Bertz CT molecular complexity index is 823. The van der Waals surface area contributed by atoms with Gasteiger partial charge in [-0.1, -0.05) is 12.1 Å². The number of rotatable bonds is 6. The highest BCUT2D eigenvalue weighted by atomic mass is 16.5. The topological polar surface area (TPSA) is 82.1 Å². The van der Waals surface area contributed by atoms with Crippen LogP contribution in [-0.2, 0) is 4.79 Å². The van der Waals surface area contributed by atoms with Crippen molar-refractivity contribution in [1.82, 2.24) is 0 Å². The van der Waals surface area contributed by atoms with Crippen LogP contribution in [-0.4, -0.2) is 31.1 Å². The molecule has 0 heterocycles. The number of allylic oxidation sites excluding steroid dienone is 1. The summed E-state index contributed by atoms with van der Waals surface area (Å²) in [5.74, 6) is 0.148. The Morgan fingerprint density at radius 2 is 1.72 bits per heavy atom. The molecule has 0 aliphatic heterocycles. The highest BCUT2D eigenvalue weighted by Gasteiger charge is 2.11. The van der Waals surface area contributed by atoms with Gasteiger partial charge in [0.05, 0.1) is 19.8 Å². The van der Waals surface area contributed by atoms with Crippen molar-refractivity contribution in [3.8, 4) is 23.0 Å². The molecule has 0 spiro atoms. The molecule has 6 nitrogen and oxygen atoms in total. The second-order valence-corrected chi connectivity index (χ2v) is 5.08. The number of methoxy groups -OCH3 is 2. The van der Waals surface area contributed by atoms with E-state index in [4.69, 9.17) is 14.2 Å². The number of esters is 1. The zero-order chi connectivity index (χ0) is 18.4. The summed E-state index contributed by atoms with van der Waals surface area (Å²) in [5.41, 5.74) is 0.842. The number of ether oxygens (including phenoxy) is 3. The number of hydrogen-bond donors (Lipinski definition) is 1. The highest BCUT2D eigenvalue weighted by molar-refractivity contribution is 6.08. The lowest BCUT2D eigenvalue weighted by molar-refractivity contribution is -0.131. The number of phenolic OH excluding ortho intramolecular Hbond substituents is 1. The van der Waals surface area contributed by atoms with Gasteiger partial charge in [-0.3, -0.25) is 9.59 Å². The molecular formula is C19H18O6. The molecule has 0 aromatic heterocycles. The first-order valence-electron chi connectivity index (χ1n) is 7.40. The fourth-order valence-corrected chi connectivity index (χ4v) is 2.17. The van der Waals surface area contributed by atoms with Gasteiger partial charge in [0, 0.05) is 13.0 Å². The first-order chi connectivity index (χ1) is 11.9. The molecule has 0 saturated carbocycles. The molecule has 2 aromatic carbocycles. The molecule has 6 heteroatoms. The van der Waals surface area contributed by atoms with Crippen LogP contribution in [0.2, 0.25) is 0 Å². The molecule has 0 aliphatic carbocycles. The van der Waals surface area contributed by atoms with Gasteiger partial charge in [-0.05, 0) is 35.9 Å². The van der Waals surface area contributed by atoms with E-state index in [1.165, 1.54) is 38.3 Å². The Kier molecular flexibility index (Phi) is 5.79. The van der Waals surface area contributed by atoms with E-state index in [0.717, 1.165) is 5.56 Å². The molecule has 0 bridgehead atoms. The Hall–Kier alpha value is -3.28. The van der Waals surface area contributed by atoms with Crippen LogP contribution >= 0.6 is 0 Å². The minimum absolute atomic E-state index is 0.104. The Morgan fingerprint density at radius 3 is 2.32 bits per heavy atom. The molecule has 130 valence electrons. The standard InChI is InChI=1S/C19H18O6/c1-12(20)25-14-6-7-15(17(22)11-14)16(21)8-4-13-5-9-18(23-2)19(10-13)24-3/h4-11,22H,1-3H3. The number of hydrogen-bond acceptors (Lipinski definition) is 6. The van der Waals surface area contributed by atoms with Crippen molar-refractivity contribution in [2.75, 3.05) is 14.2 Å². The number of benzene rings is 2. The zero-order valence-corrected chi connectivity index (χ0v) is 14.1. The Balaban J connectivity index is 2.19. The molecule has 0 amide bonds. The lowest BCUT2D eigenvalue weighted by Crippen LogP contribution is -2.02. The van der Waals surface area contributed by atoms with Gasteiger partial charge in [-0.25, -0.2) is 0 Å². The summed E-state index contributed by atoms with van der Waals surface area (Å²) in [6.45, 7) is 1.25. The third-order valence-electron chi connectivity index (χ3n) is 3.33. The van der Waals surface area contributed by atoms with E-state index in [1.807, 2.05) is 0 Å². The molecule has 0 atom stereocenters. The monoisotopic (exact) mass is 342 g/mol. The molecular weight excluding hydrogens is 324 g/mol. The normalized spacial score (nSPS) is 10.5. The highest BCUT2D eigenvalue weighted by Crippen LogP contribution is 2.28. The van der Waals surface area contributed by atoms with Gasteiger partial charge in [-0.15, -0.1) is 0 Å². The number of aromatic hydroxyl groups is 1. The van der Waals surface area contributed by atoms with Crippen LogP contribution < -0.4 is 14.2 Å². The molecule has 1 N–H and O–H groups in total. The van der Waals surface area contributed by atoms with Gasteiger partial charge in [-0.2, -0.15) is 0 Å². The number of carbonyl (C=O) groups is 2. The summed E-state index contributed by atoms with van der Waals surface area (Å²) in [7, 11) is 3.07. The number of phenols is 1. The van der Waals surface area contributed by atoms with Crippen LogP contribution in [0.25, 0.3) is 6.08 Å². The molecule has 0 radical (unpaired) electrons. The minimum Gasteiger partial charge on any atom is -0.507 e. The predicted octanol–water partition coefficient (Wildman–Crippen LogP) is 3.23. The largest absolute Gasteiger partial charge is 0.507 e. The van der Waals surface area contributed by atoms with Crippen LogP contribution in [0, 0.1) is 0 Å². The van der Waals surface area contributed by atoms with Crippen molar-refractivity contribution in [3.63, 3.8) is 0 Å². The maximum Gasteiger partial charge on any atom is 0.308 e. The lowest BCUT2D eigenvalue weighted by atomic mass is 10.1. The van der Waals surface area contributed by atoms with Gasteiger partial charge in [0.2, 0.25) is 0 Å². The second-order valence-electron chi connectivity index (χ2n) is 5.08. The lowest BCUT2D eigenvalue weighted by Gasteiger charge is -2.07. The summed E-state index contributed by atoms with van der Waals surface area (Å²) in [6.07, 6.45) is 2.94. The van der Waals surface area contributed by atoms with Crippen LogP contribution in [0.1, 0.15) is 22.8 Å². The van der Waals surface area contributed by atoms with Gasteiger partial charge < -0.3 is 19.3 Å². The number of carbonyl (C=O) groups excluding carboxylic acids is 2. The molecule has 25 heavy (non-hydrogen) atoms. The zero-order valence-electron chi connectivity index (χ0n) is 14.1. The SMILES string of the molecule is COc1ccc(C=CC(=O)c2ccc(OC(C)=O)cc2O)cc1OC. The average molecular weight is 342 g/mol. The second kappa shape index (κ2) is 8.01. The van der Waals surface area contributed by atoms with E-state index in [0.29, 0.717) is 11.5 Å². The van der Waals surface area contributed by atoms with Crippen LogP contribution in [0.3, 0.4) is 0 Å². The van der Waals surface area contributed by atoms with E-state index in [1.54, 1.807) is 31.4 Å². The summed E-state index contributed by atoms with van der Waals surface area (Å²) < 4.78 is 15.2. The summed E-state index contributed by atoms with van der Waals surface area (Å²) in [6, 6.07) is 9.29. The fourth-order valence-electron chi connectivity index (χ4n) is 2.17. The van der Waals surface area contributed by atoms with Crippen LogP contribution in [0.15, 0.2) is 42.5 Å². The van der Waals surface area contributed by atoms with E-state index in [-0.39, 0.29) is 22.8 Å². The quantitative estimate of drug-likeness (QED) is 0.376. The predicted molar refractivity (Wildman–Crippen MR) is 92.3 cm³/mol. The molecule has 0 saturated heterocycles. The average Bonchev–Trinajstić information content (AvgIpc) is 2.58. The van der Waals surface area contributed by atoms with Crippen molar-refractivity contribution in [2.24, 2.45) is 0 Å². The third-order valence-corrected chi connectivity index (χ3v) is 3.33. The van der Waals surface area contributed by atoms with E-state index >= 15 is 0 Å².